The van der Waals surface area contributed by atoms with Gasteiger partial charge in [-0.3, -0.25) is 0 Å². The summed E-state index contributed by atoms with van der Waals surface area (Å²) < 4.78 is 2.49. The van der Waals surface area contributed by atoms with Crippen molar-refractivity contribution in [1.29, 1.82) is 0 Å². The van der Waals surface area contributed by atoms with Crippen molar-refractivity contribution in [2.75, 3.05) is 4.90 Å². The third kappa shape index (κ3) is 5.25. The third-order valence-corrected chi connectivity index (χ3v) is 12.2. The highest BCUT2D eigenvalue weighted by Crippen LogP contribution is 2.51. The van der Waals surface area contributed by atoms with Gasteiger partial charge in [-0.15, -0.1) is 0 Å². The maximum atomic E-state index is 2.49. The van der Waals surface area contributed by atoms with Crippen LogP contribution < -0.4 is 4.90 Å². The van der Waals surface area contributed by atoms with E-state index in [1.165, 1.54) is 77.1 Å². The minimum atomic E-state index is -0.122. The van der Waals surface area contributed by atoms with Crippen LogP contribution in [0.4, 0.5) is 17.1 Å². The minimum absolute atomic E-state index is 0.122. The molecule has 0 radical (unpaired) electrons. The first kappa shape index (κ1) is 33.2. The number of aromatic nitrogens is 1. The summed E-state index contributed by atoms with van der Waals surface area (Å²) in [6, 6.07) is 75.6. The average molecular weight is 729 g/mol. The van der Waals surface area contributed by atoms with Crippen LogP contribution in [0.3, 0.4) is 0 Å². The average Bonchev–Trinajstić information content (AvgIpc) is 3.73. The van der Waals surface area contributed by atoms with E-state index in [2.05, 4.69) is 230 Å². The van der Waals surface area contributed by atoms with E-state index >= 15 is 0 Å². The molecule has 270 valence electrons. The van der Waals surface area contributed by atoms with E-state index in [-0.39, 0.29) is 5.41 Å². The summed E-state index contributed by atoms with van der Waals surface area (Å²) in [4.78, 5) is 2.44. The Morgan fingerprint density at radius 3 is 1.75 bits per heavy atom. The summed E-state index contributed by atoms with van der Waals surface area (Å²) in [5, 5.41) is 4.96. The Bertz CT molecular complexity index is 3120. The zero-order valence-corrected chi connectivity index (χ0v) is 32.0. The summed E-state index contributed by atoms with van der Waals surface area (Å²) in [7, 11) is 0. The topological polar surface area (TPSA) is 8.17 Å². The third-order valence-electron chi connectivity index (χ3n) is 12.2. The number of nitrogens with zero attached hydrogens (tertiary/aromatic N) is 2. The second-order valence-corrected chi connectivity index (χ2v) is 15.8. The molecule has 2 nitrogen and oxygen atoms in total. The second kappa shape index (κ2) is 13.0. The van der Waals surface area contributed by atoms with E-state index in [1.54, 1.807) is 0 Å². The zero-order chi connectivity index (χ0) is 38.1. The van der Waals surface area contributed by atoms with E-state index in [0.717, 1.165) is 22.7 Å². The molecule has 0 N–H and O–H groups in total. The Morgan fingerprint density at radius 1 is 0.404 bits per heavy atom. The molecule has 9 aromatic carbocycles. The van der Waals surface area contributed by atoms with Crippen LogP contribution in [0.2, 0.25) is 0 Å². The van der Waals surface area contributed by atoms with E-state index in [1.807, 2.05) is 0 Å². The molecular formula is C55H40N2. The molecule has 0 spiro atoms. The predicted molar refractivity (Wildman–Crippen MR) is 241 cm³/mol. The lowest BCUT2D eigenvalue weighted by molar-refractivity contribution is 0.660. The molecule has 0 saturated carbocycles. The lowest BCUT2D eigenvalue weighted by atomic mass is 9.82. The summed E-state index contributed by atoms with van der Waals surface area (Å²) in [6.45, 7) is 4.72. The van der Waals surface area contributed by atoms with E-state index < -0.39 is 0 Å². The Hall–Kier alpha value is -7.16. The molecular weight excluding hydrogens is 689 g/mol. The molecule has 2 heteroatoms. The predicted octanol–water partition coefficient (Wildman–Crippen LogP) is 15.0. The first-order valence-corrected chi connectivity index (χ1v) is 19.9. The SMILES string of the molecule is CC1(C)c2ccccc2-c2ccc(N(c3ccc(-c4ccccc4)cc3)c3ccc4c5c(-c6ccccc6)cc6ccccc6c5n(-c5ccccc5)c4c3)cc21. The van der Waals surface area contributed by atoms with Gasteiger partial charge in [0.05, 0.1) is 11.0 Å². The second-order valence-electron chi connectivity index (χ2n) is 15.8. The van der Waals surface area contributed by atoms with Gasteiger partial charge in [-0.25, -0.2) is 0 Å². The molecule has 0 amide bonds. The van der Waals surface area contributed by atoms with Crippen LogP contribution in [0.1, 0.15) is 25.0 Å². The van der Waals surface area contributed by atoms with Crippen molar-refractivity contribution >= 4 is 49.6 Å². The van der Waals surface area contributed by atoms with Gasteiger partial charge in [0, 0.05) is 44.3 Å². The van der Waals surface area contributed by atoms with Gasteiger partial charge in [0.2, 0.25) is 0 Å². The quantitative estimate of drug-likeness (QED) is 0.165. The molecule has 57 heavy (non-hydrogen) atoms. The van der Waals surface area contributed by atoms with Gasteiger partial charge in [-0.1, -0.05) is 166 Å². The molecule has 10 aromatic rings. The molecule has 1 aliphatic carbocycles. The van der Waals surface area contributed by atoms with E-state index in [9.17, 15) is 0 Å². The molecule has 0 atom stereocenters. The molecule has 1 aromatic heterocycles. The van der Waals surface area contributed by atoms with Gasteiger partial charge in [0.25, 0.3) is 0 Å². The molecule has 1 heterocycles. The molecule has 11 rings (SSSR count). The largest absolute Gasteiger partial charge is 0.310 e. The van der Waals surface area contributed by atoms with Gasteiger partial charge in [-0.2, -0.15) is 0 Å². The van der Waals surface area contributed by atoms with Crippen molar-refractivity contribution in [2.24, 2.45) is 0 Å². The van der Waals surface area contributed by atoms with Crippen LogP contribution >= 0.6 is 0 Å². The number of para-hydroxylation sites is 1. The van der Waals surface area contributed by atoms with E-state index in [0.29, 0.717) is 0 Å². The molecule has 1 aliphatic rings. The van der Waals surface area contributed by atoms with Crippen molar-refractivity contribution in [3.8, 4) is 39.1 Å². The van der Waals surface area contributed by atoms with Crippen LogP contribution in [0.15, 0.2) is 206 Å². The van der Waals surface area contributed by atoms with Crippen molar-refractivity contribution in [3.05, 3.63) is 217 Å². The van der Waals surface area contributed by atoms with Crippen molar-refractivity contribution < 1.29 is 0 Å². The first-order valence-electron chi connectivity index (χ1n) is 19.9. The van der Waals surface area contributed by atoms with Crippen LogP contribution in [0.25, 0.3) is 71.6 Å². The van der Waals surface area contributed by atoms with Gasteiger partial charge < -0.3 is 9.47 Å². The van der Waals surface area contributed by atoms with Crippen LogP contribution in [0.5, 0.6) is 0 Å². The highest BCUT2D eigenvalue weighted by molar-refractivity contribution is 6.24. The van der Waals surface area contributed by atoms with Crippen molar-refractivity contribution in [3.63, 3.8) is 0 Å². The number of fused-ring (bicyclic) bond motifs is 8. The monoisotopic (exact) mass is 728 g/mol. The Kier molecular flexibility index (Phi) is 7.55. The fourth-order valence-electron chi connectivity index (χ4n) is 9.41. The maximum Gasteiger partial charge on any atom is 0.0625 e. The molecule has 0 aliphatic heterocycles. The summed E-state index contributed by atoms with van der Waals surface area (Å²) in [6.07, 6.45) is 0. The normalized spacial score (nSPS) is 12.9. The highest BCUT2D eigenvalue weighted by atomic mass is 15.1. The van der Waals surface area contributed by atoms with Gasteiger partial charge in [0.1, 0.15) is 0 Å². The van der Waals surface area contributed by atoms with Crippen molar-refractivity contribution in [2.45, 2.75) is 19.3 Å². The van der Waals surface area contributed by atoms with Crippen LogP contribution in [-0.4, -0.2) is 4.57 Å². The van der Waals surface area contributed by atoms with E-state index in [4.69, 9.17) is 0 Å². The Morgan fingerprint density at radius 2 is 0.982 bits per heavy atom. The number of rotatable bonds is 6. The fourth-order valence-corrected chi connectivity index (χ4v) is 9.41. The smallest absolute Gasteiger partial charge is 0.0625 e. The summed E-state index contributed by atoms with van der Waals surface area (Å²) in [5.41, 5.74) is 17.0. The molecule has 0 fully saturated rings. The molecule has 0 saturated heterocycles. The lowest BCUT2D eigenvalue weighted by Crippen LogP contribution is -2.16. The zero-order valence-electron chi connectivity index (χ0n) is 32.0. The number of benzene rings is 9. The fraction of sp³-hybridized carbons (Fsp3) is 0.0545. The number of anilines is 3. The summed E-state index contributed by atoms with van der Waals surface area (Å²) >= 11 is 0. The number of hydrogen-bond donors (Lipinski definition) is 0. The standard InChI is InChI=1S/C55H40N2/c1-55(2)50-25-15-14-24-46(50)47-32-30-43(35-51(47)55)56(42-28-26-38(27-29-42)37-16-6-3-7-17-37)44-31-33-48-52(36-44)57(41-21-10-5-11-22-41)54-45-23-13-12-20-40(45)34-49(53(48)54)39-18-8-4-9-19-39/h3-36H,1-2H3. The van der Waals surface area contributed by atoms with Gasteiger partial charge >= 0.3 is 0 Å². The van der Waals surface area contributed by atoms with Crippen LogP contribution in [-0.2, 0) is 5.41 Å². The van der Waals surface area contributed by atoms with Gasteiger partial charge in [-0.05, 0) is 104 Å². The first-order chi connectivity index (χ1) is 28.0. The Labute approximate surface area is 333 Å². The summed E-state index contributed by atoms with van der Waals surface area (Å²) in [5.74, 6) is 0. The highest BCUT2D eigenvalue weighted by Gasteiger charge is 2.36. The number of hydrogen-bond acceptors (Lipinski definition) is 1. The molecule has 0 bridgehead atoms. The van der Waals surface area contributed by atoms with Crippen LogP contribution in [0, 0.1) is 0 Å². The van der Waals surface area contributed by atoms with Gasteiger partial charge in [0.15, 0.2) is 0 Å². The Balaban J connectivity index is 1.19. The minimum Gasteiger partial charge on any atom is -0.310 e. The maximum absolute atomic E-state index is 2.49. The van der Waals surface area contributed by atoms with Crippen molar-refractivity contribution in [1.82, 2.24) is 4.57 Å². The molecule has 0 unspecified atom stereocenters. The lowest BCUT2D eigenvalue weighted by Gasteiger charge is -2.28.